The summed E-state index contributed by atoms with van der Waals surface area (Å²) in [4.78, 5) is 20.5. The first-order valence-corrected chi connectivity index (χ1v) is 7.87. The van der Waals surface area contributed by atoms with Crippen LogP contribution < -0.4 is 5.56 Å². The smallest absolute Gasteiger partial charge is 0.258 e. The fourth-order valence-electron chi connectivity index (χ4n) is 2.13. The Labute approximate surface area is 131 Å². The van der Waals surface area contributed by atoms with Crippen LogP contribution in [0.15, 0.2) is 52.2 Å². The Morgan fingerprint density at radius 2 is 2.00 bits per heavy atom. The summed E-state index contributed by atoms with van der Waals surface area (Å²) in [6.07, 6.45) is 0. The molecule has 0 aliphatic carbocycles. The number of aromatic amines is 1. The van der Waals surface area contributed by atoms with Crippen molar-refractivity contribution in [2.75, 3.05) is 0 Å². The summed E-state index contributed by atoms with van der Waals surface area (Å²) in [5, 5.41) is 1.34. The van der Waals surface area contributed by atoms with E-state index in [2.05, 4.69) is 9.97 Å². The summed E-state index contributed by atoms with van der Waals surface area (Å²) in [5.74, 6) is 1.23. The maximum absolute atomic E-state index is 12.1. The van der Waals surface area contributed by atoms with Crippen molar-refractivity contribution >= 4 is 34.3 Å². The van der Waals surface area contributed by atoms with E-state index in [1.165, 1.54) is 0 Å². The first-order valence-electron chi connectivity index (χ1n) is 6.51. The largest absolute Gasteiger partial charge is 0.309 e. The molecule has 0 atom stereocenters. The van der Waals surface area contributed by atoms with Crippen LogP contribution >= 0.6 is 23.4 Å². The molecule has 5 heteroatoms. The van der Waals surface area contributed by atoms with E-state index in [4.69, 9.17) is 11.6 Å². The second kappa shape index (κ2) is 5.92. The summed E-state index contributed by atoms with van der Waals surface area (Å²) < 4.78 is 0. The van der Waals surface area contributed by atoms with Gasteiger partial charge < -0.3 is 4.98 Å². The van der Waals surface area contributed by atoms with Gasteiger partial charge in [-0.1, -0.05) is 35.9 Å². The van der Waals surface area contributed by atoms with Crippen LogP contribution in [0.25, 0.3) is 10.9 Å². The molecular weight excluding hydrogens is 304 g/mol. The number of nitrogens with one attached hydrogen (secondary N) is 1. The Bertz CT molecular complexity index is 860. The SMILES string of the molecule is Cc1cccc2c(=O)[nH]c(CSc3ccccc3Cl)nc12. The van der Waals surface area contributed by atoms with Gasteiger partial charge in [-0.05, 0) is 30.7 Å². The molecule has 0 unspecified atom stereocenters. The van der Waals surface area contributed by atoms with Gasteiger partial charge in [0, 0.05) is 4.90 Å². The van der Waals surface area contributed by atoms with Crippen molar-refractivity contribution in [3.8, 4) is 0 Å². The van der Waals surface area contributed by atoms with Crippen molar-refractivity contribution < 1.29 is 0 Å². The molecule has 3 nitrogen and oxygen atoms in total. The van der Waals surface area contributed by atoms with Gasteiger partial charge in [0.25, 0.3) is 5.56 Å². The number of hydrogen-bond donors (Lipinski definition) is 1. The van der Waals surface area contributed by atoms with Crippen LogP contribution in [0.1, 0.15) is 11.4 Å². The highest BCUT2D eigenvalue weighted by Gasteiger charge is 2.07. The van der Waals surface area contributed by atoms with Gasteiger partial charge in [0.15, 0.2) is 0 Å². The number of thioether (sulfide) groups is 1. The molecule has 0 radical (unpaired) electrons. The molecule has 3 rings (SSSR count). The van der Waals surface area contributed by atoms with Crippen LogP contribution in [0, 0.1) is 6.92 Å². The molecule has 1 aromatic heterocycles. The summed E-state index contributed by atoms with van der Waals surface area (Å²) in [6, 6.07) is 13.3. The standard InChI is InChI=1S/C16H13ClN2OS/c1-10-5-4-6-11-15(10)18-14(19-16(11)20)9-21-13-8-3-2-7-12(13)17/h2-8H,9H2,1H3,(H,18,19,20). The maximum atomic E-state index is 12.1. The molecule has 106 valence electrons. The zero-order valence-corrected chi connectivity index (χ0v) is 13.0. The third kappa shape index (κ3) is 2.96. The average molecular weight is 317 g/mol. The fraction of sp³-hybridized carbons (Fsp3) is 0.125. The van der Waals surface area contributed by atoms with E-state index in [-0.39, 0.29) is 5.56 Å². The number of aryl methyl sites for hydroxylation is 1. The summed E-state index contributed by atoms with van der Waals surface area (Å²) in [7, 11) is 0. The van der Waals surface area contributed by atoms with Crippen LogP contribution in [-0.4, -0.2) is 9.97 Å². The van der Waals surface area contributed by atoms with E-state index in [0.717, 1.165) is 16.0 Å². The molecule has 0 fully saturated rings. The van der Waals surface area contributed by atoms with E-state index in [9.17, 15) is 4.79 Å². The molecular formula is C16H13ClN2OS. The number of halogens is 1. The lowest BCUT2D eigenvalue weighted by atomic mass is 10.1. The van der Waals surface area contributed by atoms with Gasteiger partial charge >= 0.3 is 0 Å². The number of H-pyrrole nitrogens is 1. The van der Waals surface area contributed by atoms with Gasteiger partial charge in [-0.25, -0.2) is 4.98 Å². The Hall–Kier alpha value is -1.78. The van der Waals surface area contributed by atoms with Crippen LogP contribution in [0.2, 0.25) is 5.02 Å². The lowest BCUT2D eigenvalue weighted by molar-refractivity contribution is 1.04. The van der Waals surface area contributed by atoms with E-state index in [0.29, 0.717) is 22.0 Å². The maximum Gasteiger partial charge on any atom is 0.258 e. The van der Waals surface area contributed by atoms with Gasteiger partial charge in [-0.15, -0.1) is 11.8 Å². The van der Waals surface area contributed by atoms with Crippen molar-refractivity contribution in [3.63, 3.8) is 0 Å². The molecule has 0 spiro atoms. The molecule has 1 heterocycles. The molecule has 0 saturated heterocycles. The summed E-state index contributed by atoms with van der Waals surface area (Å²) in [5.41, 5.74) is 1.66. The second-order valence-corrected chi connectivity index (χ2v) is 6.13. The summed E-state index contributed by atoms with van der Waals surface area (Å²) >= 11 is 7.69. The van der Waals surface area contributed by atoms with Gasteiger partial charge in [-0.2, -0.15) is 0 Å². The van der Waals surface area contributed by atoms with Gasteiger partial charge in [0.1, 0.15) is 5.82 Å². The van der Waals surface area contributed by atoms with Crippen molar-refractivity contribution in [3.05, 3.63) is 69.2 Å². The molecule has 0 saturated carbocycles. The van der Waals surface area contributed by atoms with Gasteiger partial charge in [-0.3, -0.25) is 4.79 Å². The van der Waals surface area contributed by atoms with Crippen molar-refractivity contribution in [1.29, 1.82) is 0 Å². The first-order chi connectivity index (χ1) is 10.1. The van der Waals surface area contributed by atoms with Gasteiger partial charge in [0.2, 0.25) is 0 Å². The van der Waals surface area contributed by atoms with Crippen LogP contribution in [0.4, 0.5) is 0 Å². The molecule has 0 aliphatic heterocycles. The highest BCUT2D eigenvalue weighted by Crippen LogP contribution is 2.28. The summed E-state index contributed by atoms with van der Waals surface area (Å²) in [6.45, 7) is 1.96. The number of fused-ring (bicyclic) bond motifs is 1. The first kappa shape index (κ1) is 14.2. The van der Waals surface area contributed by atoms with Crippen LogP contribution in [0.3, 0.4) is 0 Å². The minimum absolute atomic E-state index is 0.0986. The highest BCUT2D eigenvalue weighted by atomic mass is 35.5. The molecule has 3 aromatic rings. The van der Waals surface area contributed by atoms with Crippen LogP contribution in [-0.2, 0) is 5.75 Å². The number of benzene rings is 2. The average Bonchev–Trinajstić information content (AvgIpc) is 2.48. The number of aromatic nitrogens is 2. The minimum atomic E-state index is -0.0986. The number of para-hydroxylation sites is 1. The molecule has 1 N–H and O–H groups in total. The van der Waals surface area contributed by atoms with E-state index in [1.54, 1.807) is 17.8 Å². The molecule has 0 aliphatic rings. The van der Waals surface area contributed by atoms with E-state index >= 15 is 0 Å². The Kier molecular flexibility index (Phi) is 3.99. The number of nitrogens with zero attached hydrogens (tertiary/aromatic N) is 1. The predicted octanol–water partition coefficient (Wildman–Crippen LogP) is 4.18. The second-order valence-electron chi connectivity index (χ2n) is 4.70. The Balaban J connectivity index is 1.93. The zero-order chi connectivity index (χ0) is 14.8. The van der Waals surface area contributed by atoms with E-state index < -0.39 is 0 Å². The number of hydrogen-bond acceptors (Lipinski definition) is 3. The van der Waals surface area contributed by atoms with Crippen molar-refractivity contribution in [1.82, 2.24) is 9.97 Å². The lowest BCUT2D eigenvalue weighted by Crippen LogP contribution is -2.11. The van der Waals surface area contributed by atoms with E-state index in [1.807, 2.05) is 43.3 Å². The molecule has 2 aromatic carbocycles. The lowest BCUT2D eigenvalue weighted by Gasteiger charge is -2.06. The minimum Gasteiger partial charge on any atom is -0.309 e. The quantitative estimate of drug-likeness (QED) is 0.737. The Morgan fingerprint density at radius 1 is 1.19 bits per heavy atom. The van der Waals surface area contributed by atoms with Crippen molar-refractivity contribution in [2.24, 2.45) is 0 Å². The highest BCUT2D eigenvalue weighted by molar-refractivity contribution is 7.98. The molecule has 21 heavy (non-hydrogen) atoms. The number of rotatable bonds is 3. The van der Waals surface area contributed by atoms with Crippen LogP contribution in [0.5, 0.6) is 0 Å². The zero-order valence-electron chi connectivity index (χ0n) is 11.4. The predicted molar refractivity (Wildman–Crippen MR) is 88.1 cm³/mol. The fourth-order valence-corrected chi connectivity index (χ4v) is 3.24. The third-order valence-corrected chi connectivity index (χ3v) is 4.71. The topological polar surface area (TPSA) is 45.8 Å². The Morgan fingerprint density at radius 3 is 2.81 bits per heavy atom. The van der Waals surface area contributed by atoms with Crippen molar-refractivity contribution in [2.45, 2.75) is 17.6 Å². The monoisotopic (exact) mass is 316 g/mol. The molecule has 0 bridgehead atoms. The van der Waals surface area contributed by atoms with Gasteiger partial charge in [0.05, 0.1) is 21.7 Å². The molecule has 0 amide bonds. The normalized spacial score (nSPS) is 11.0. The third-order valence-electron chi connectivity index (χ3n) is 3.19.